The highest BCUT2D eigenvalue weighted by Crippen LogP contribution is 2.22. The maximum atomic E-state index is 4.37. The number of nitrogens with one attached hydrogen (secondary N) is 1. The highest BCUT2D eigenvalue weighted by atomic mass is 15.0. The molecule has 0 bridgehead atoms. The van der Waals surface area contributed by atoms with E-state index in [1.165, 1.54) is 11.1 Å². The van der Waals surface area contributed by atoms with Crippen LogP contribution >= 0.6 is 0 Å². The molecule has 0 atom stereocenters. The molecule has 0 aliphatic rings. The summed E-state index contributed by atoms with van der Waals surface area (Å²) in [5.74, 6) is 0.840. The monoisotopic (exact) mass is 275 g/mol. The SMILES string of the molecule is Cc1ccccc1-c1cc(NCc2ccccc2)ncn1. The first-order valence-electron chi connectivity index (χ1n) is 6.99. The molecular weight excluding hydrogens is 258 g/mol. The number of aromatic nitrogens is 2. The molecular formula is C18H17N3. The topological polar surface area (TPSA) is 37.8 Å². The maximum absolute atomic E-state index is 4.37. The van der Waals surface area contributed by atoms with Crippen LogP contribution in [-0.2, 0) is 6.54 Å². The van der Waals surface area contributed by atoms with E-state index in [4.69, 9.17) is 0 Å². The number of rotatable bonds is 4. The van der Waals surface area contributed by atoms with Gasteiger partial charge < -0.3 is 5.32 Å². The van der Waals surface area contributed by atoms with Crippen LogP contribution in [0.4, 0.5) is 5.82 Å². The Kier molecular flexibility index (Phi) is 3.92. The van der Waals surface area contributed by atoms with Crippen molar-refractivity contribution in [2.75, 3.05) is 5.32 Å². The fraction of sp³-hybridized carbons (Fsp3) is 0.111. The van der Waals surface area contributed by atoms with E-state index in [9.17, 15) is 0 Å². The zero-order valence-corrected chi connectivity index (χ0v) is 12.0. The number of aryl methyl sites for hydroxylation is 1. The van der Waals surface area contributed by atoms with Crippen molar-refractivity contribution in [1.82, 2.24) is 9.97 Å². The van der Waals surface area contributed by atoms with Gasteiger partial charge in [0.15, 0.2) is 0 Å². The second-order valence-corrected chi connectivity index (χ2v) is 4.94. The Hall–Kier alpha value is -2.68. The lowest BCUT2D eigenvalue weighted by atomic mass is 10.1. The van der Waals surface area contributed by atoms with Crippen molar-refractivity contribution in [1.29, 1.82) is 0 Å². The predicted octanol–water partition coefficient (Wildman–Crippen LogP) is 4.06. The normalized spacial score (nSPS) is 10.3. The van der Waals surface area contributed by atoms with Gasteiger partial charge in [0.2, 0.25) is 0 Å². The van der Waals surface area contributed by atoms with Gasteiger partial charge in [0.25, 0.3) is 0 Å². The standard InChI is InChI=1S/C18H17N3/c1-14-7-5-6-10-16(14)17-11-18(21-13-20-17)19-12-15-8-3-2-4-9-15/h2-11,13H,12H2,1H3,(H,19,20,21). The molecule has 0 fully saturated rings. The van der Waals surface area contributed by atoms with E-state index >= 15 is 0 Å². The largest absolute Gasteiger partial charge is 0.366 e. The number of anilines is 1. The van der Waals surface area contributed by atoms with E-state index in [0.29, 0.717) is 0 Å². The molecule has 0 spiro atoms. The molecule has 1 N–H and O–H groups in total. The van der Waals surface area contributed by atoms with Crippen LogP contribution in [-0.4, -0.2) is 9.97 Å². The van der Waals surface area contributed by atoms with Crippen molar-refractivity contribution >= 4 is 5.82 Å². The lowest BCUT2D eigenvalue weighted by Gasteiger charge is -2.08. The molecule has 0 aliphatic heterocycles. The molecule has 1 aromatic heterocycles. The average molecular weight is 275 g/mol. The van der Waals surface area contributed by atoms with Gasteiger partial charge in [0.1, 0.15) is 12.1 Å². The molecule has 3 aromatic rings. The lowest BCUT2D eigenvalue weighted by Crippen LogP contribution is -2.02. The van der Waals surface area contributed by atoms with E-state index in [1.807, 2.05) is 36.4 Å². The third-order valence-corrected chi connectivity index (χ3v) is 3.40. The molecule has 0 aliphatic carbocycles. The summed E-state index contributed by atoms with van der Waals surface area (Å²) in [5.41, 5.74) is 4.53. The predicted molar refractivity (Wildman–Crippen MR) is 86.0 cm³/mol. The first-order chi connectivity index (χ1) is 10.3. The summed E-state index contributed by atoms with van der Waals surface area (Å²) in [6.07, 6.45) is 1.61. The third kappa shape index (κ3) is 3.26. The molecule has 0 radical (unpaired) electrons. The second-order valence-electron chi connectivity index (χ2n) is 4.94. The highest BCUT2D eigenvalue weighted by Gasteiger charge is 2.04. The van der Waals surface area contributed by atoms with Crippen molar-refractivity contribution in [3.63, 3.8) is 0 Å². The molecule has 3 rings (SSSR count). The first-order valence-corrected chi connectivity index (χ1v) is 6.99. The zero-order chi connectivity index (χ0) is 14.5. The minimum absolute atomic E-state index is 0.755. The minimum Gasteiger partial charge on any atom is -0.366 e. The summed E-state index contributed by atoms with van der Waals surface area (Å²) < 4.78 is 0. The fourth-order valence-electron chi connectivity index (χ4n) is 2.25. The van der Waals surface area contributed by atoms with Gasteiger partial charge in [-0.25, -0.2) is 9.97 Å². The minimum atomic E-state index is 0.755. The summed E-state index contributed by atoms with van der Waals surface area (Å²) in [6, 6.07) is 20.5. The number of benzene rings is 2. The summed E-state index contributed by atoms with van der Waals surface area (Å²) in [6.45, 7) is 2.85. The van der Waals surface area contributed by atoms with E-state index in [1.54, 1.807) is 6.33 Å². The van der Waals surface area contributed by atoms with Crippen molar-refractivity contribution < 1.29 is 0 Å². The smallest absolute Gasteiger partial charge is 0.130 e. The van der Waals surface area contributed by atoms with Crippen molar-refractivity contribution in [3.8, 4) is 11.3 Å². The molecule has 3 nitrogen and oxygen atoms in total. The first kappa shape index (κ1) is 13.3. The Morgan fingerprint density at radius 3 is 2.48 bits per heavy atom. The van der Waals surface area contributed by atoms with Crippen LogP contribution in [0.1, 0.15) is 11.1 Å². The van der Waals surface area contributed by atoms with Crippen LogP contribution in [0.15, 0.2) is 67.0 Å². The number of nitrogens with zero attached hydrogens (tertiary/aromatic N) is 2. The van der Waals surface area contributed by atoms with Crippen molar-refractivity contribution in [2.45, 2.75) is 13.5 Å². The Morgan fingerprint density at radius 2 is 1.67 bits per heavy atom. The molecule has 0 saturated heterocycles. The fourth-order valence-corrected chi connectivity index (χ4v) is 2.25. The van der Waals surface area contributed by atoms with Gasteiger partial charge in [0.05, 0.1) is 5.69 Å². The van der Waals surface area contributed by atoms with Crippen LogP contribution in [0.3, 0.4) is 0 Å². The summed E-state index contributed by atoms with van der Waals surface area (Å²) >= 11 is 0. The van der Waals surface area contributed by atoms with Gasteiger partial charge >= 0.3 is 0 Å². The molecule has 104 valence electrons. The second kappa shape index (κ2) is 6.18. The lowest BCUT2D eigenvalue weighted by molar-refractivity contribution is 1.08. The van der Waals surface area contributed by atoms with Crippen molar-refractivity contribution in [2.24, 2.45) is 0 Å². The van der Waals surface area contributed by atoms with Crippen LogP contribution in [0.25, 0.3) is 11.3 Å². The quantitative estimate of drug-likeness (QED) is 0.780. The van der Waals surface area contributed by atoms with Crippen LogP contribution in [0, 0.1) is 6.92 Å². The van der Waals surface area contributed by atoms with Crippen molar-refractivity contribution in [3.05, 3.63) is 78.1 Å². The van der Waals surface area contributed by atoms with Gasteiger partial charge in [-0.05, 0) is 18.1 Å². The Balaban J connectivity index is 1.79. The average Bonchev–Trinajstić information content (AvgIpc) is 2.55. The molecule has 0 amide bonds. The summed E-state index contributed by atoms with van der Waals surface area (Å²) in [5, 5.41) is 3.34. The van der Waals surface area contributed by atoms with Crippen LogP contribution in [0.5, 0.6) is 0 Å². The van der Waals surface area contributed by atoms with E-state index in [2.05, 4.69) is 46.5 Å². The van der Waals surface area contributed by atoms with Gasteiger partial charge in [-0.3, -0.25) is 0 Å². The third-order valence-electron chi connectivity index (χ3n) is 3.40. The summed E-state index contributed by atoms with van der Waals surface area (Å²) in [4.78, 5) is 8.66. The van der Waals surface area contributed by atoms with Gasteiger partial charge in [-0.15, -0.1) is 0 Å². The van der Waals surface area contributed by atoms with Crippen LogP contribution < -0.4 is 5.32 Å². The number of hydrogen-bond acceptors (Lipinski definition) is 3. The molecule has 0 unspecified atom stereocenters. The number of hydrogen-bond donors (Lipinski definition) is 1. The van der Waals surface area contributed by atoms with E-state index in [0.717, 1.165) is 23.6 Å². The van der Waals surface area contributed by atoms with Gasteiger partial charge in [0, 0.05) is 18.2 Å². The zero-order valence-electron chi connectivity index (χ0n) is 12.0. The molecule has 1 heterocycles. The van der Waals surface area contributed by atoms with E-state index < -0.39 is 0 Å². The van der Waals surface area contributed by atoms with Gasteiger partial charge in [-0.2, -0.15) is 0 Å². The Bertz CT molecular complexity index is 723. The summed E-state index contributed by atoms with van der Waals surface area (Å²) in [7, 11) is 0. The van der Waals surface area contributed by atoms with Crippen LogP contribution in [0.2, 0.25) is 0 Å². The maximum Gasteiger partial charge on any atom is 0.130 e. The highest BCUT2D eigenvalue weighted by molar-refractivity contribution is 5.65. The van der Waals surface area contributed by atoms with E-state index in [-0.39, 0.29) is 0 Å². The van der Waals surface area contributed by atoms with Gasteiger partial charge in [-0.1, -0.05) is 54.6 Å². The molecule has 21 heavy (non-hydrogen) atoms. The Morgan fingerprint density at radius 1 is 0.905 bits per heavy atom. The molecule has 3 heteroatoms. The molecule has 0 saturated carbocycles. The Labute approximate surface area is 124 Å². The molecule has 2 aromatic carbocycles.